The fourth-order valence-electron chi connectivity index (χ4n) is 8.15. The van der Waals surface area contributed by atoms with E-state index >= 15 is 0 Å². The van der Waals surface area contributed by atoms with Gasteiger partial charge in [0, 0.05) is 11.0 Å². The van der Waals surface area contributed by atoms with Crippen LogP contribution in [0.2, 0.25) is 0 Å². The molecule has 0 spiro atoms. The monoisotopic (exact) mass is 392 g/mol. The highest BCUT2D eigenvalue weighted by Crippen LogP contribution is 2.68. The summed E-state index contributed by atoms with van der Waals surface area (Å²) in [5, 5.41) is 21.9. The number of aliphatic hydroxyl groups is 2. The molecule has 2 nitrogen and oxygen atoms in total. The van der Waals surface area contributed by atoms with Crippen LogP contribution in [0.4, 0.5) is 0 Å². The minimum atomic E-state index is -0.862. The Kier molecular flexibility index (Phi) is 4.65. The average Bonchev–Trinajstić information content (AvgIpc) is 2.99. The summed E-state index contributed by atoms with van der Waals surface area (Å²) >= 11 is 0. The molecule has 4 fully saturated rings. The van der Waals surface area contributed by atoms with E-state index in [9.17, 15) is 10.2 Å². The first-order chi connectivity index (χ1) is 13.9. The molecule has 4 saturated carbocycles. The number of rotatable bonds is 0. The van der Waals surface area contributed by atoms with Crippen LogP contribution in [0.5, 0.6) is 0 Å². The summed E-state index contributed by atoms with van der Waals surface area (Å²) in [6.07, 6.45) is 9.86. The van der Waals surface area contributed by atoms with Crippen molar-refractivity contribution in [1.82, 2.24) is 0 Å². The quantitative estimate of drug-likeness (QED) is 0.598. The fraction of sp³-hybridized carbons (Fsp3) is 0.704. The van der Waals surface area contributed by atoms with Gasteiger partial charge in [-0.25, -0.2) is 0 Å². The molecule has 156 valence electrons. The standard InChI is InChI=1S/C27H36O2/c1-25-14-11-21(28)18-20(25)8-9-22-23(25)12-15-26(2)24(22)13-17-27(26,29)16-10-19-6-4-3-5-7-19/h3-7,20-24,28-29H,8-9,11-15,17-18H2,1-2H3/t20-,21-,22+,23-,24+,25+,26+,27-/m0/s1. The van der Waals surface area contributed by atoms with Gasteiger partial charge in [-0.3, -0.25) is 0 Å². The Hall–Kier alpha value is -1.30. The lowest BCUT2D eigenvalue weighted by Gasteiger charge is -2.61. The molecule has 0 unspecified atom stereocenters. The highest BCUT2D eigenvalue weighted by molar-refractivity contribution is 5.38. The Morgan fingerprint density at radius 2 is 1.66 bits per heavy atom. The molecule has 2 heteroatoms. The molecule has 0 aliphatic heterocycles. The van der Waals surface area contributed by atoms with Gasteiger partial charge < -0.3 is 10.2 Å². The maximum Gasteiger partial charge on any atom is 0.131 e. The van der Waals surface area contributed by atoms with Crippen LogP contribution < -0.4 is 0 Å². The maximum atomic E-state index is 11.7. The molecule has 0 amide bonds. The maximum absolute atomic E-state index is 11.7. The van der Waals surface area contributed by atoms with E-state index in [0.29, 0.717) is 17.3 Å². The third-order valence-corrected chi connectivity index (χ3v) is 9.98. The highest BCUT2D eigenvalue weighted by Gasteiger charge is 2.64. The highest BCUT2D eigenvalue weighted by atomic mass is 16.3. The minimum Gasteiger partial charge on any atom is -0.393 e. The van der Waals surface area contributed by atoms with Crippen molar-refractivity contribution >= 4 is 0 Å². The van der Waals surface area contributed by atoms with E-state index in [1.165, 1.54) is 25.7 Å². The van der Waals surface area contributed by atoms with Crippen LogP contribution in [0.15, 0.2) is 30.3 Å². The Morgan fingerprint density at radius 1 is 0.897 bits per heavy atom. The fourth-order valence-corrected chi connectivity index (χ4v) is 8.15. The zero-order valence-corrected chi connectivity index (χ0v) is 18.0. The van der Waals surface area contributed by atoms with Crippen LogP contribution in [-0.4, -0.2) is 21.9 Å². The van der Waals surface area contributed by atoms with Gasteiger partial charge in [0.25, 0.3) is 0 Å². The van der Waals surface area contributed by atoms with Crippen LogP contribution in [0, 0.1) is 46.3 Å². The first kappa shape index (κ1) is 19.7. The predicted molar refractivity (Wildman–Crippen MR) is 116 cm³/mol. The van der Waals surface area contributed by atoms with Crippen LogP contribution in [0.1, 0.15) is 77.2 Å². The third-order valence-electron chi connectivity index (χ3n) is 9.98. The molecular weight excluding hydrogens is 356 g/mol. The van der Waals surface area contributed by atoms with Crippen LogP contribution in [0.3, 0.4) is 0 Å². The number of hydrogen-bond donors (Lipinski definition) is 2. The Morgan fingerprint density at radius 3 is 2.45 bits per heavy atom. The lowest BCUT2D eigenvalue weighted by atomic mass is 9.44. The van der Waals surface area contributed by atoms with Gasteiger partial charge in [-0.05, 0) is 99.0 Å². The van der Waals surface area contributed by atoms with Crippen LogP contribution in [0.25, 0.3) is 0 Å². The van der Waals surface area contributed by atoms with Gasteiger partial charge in [0.15, 0.2) is 0 Å². The third kappa shape index (κ3) is 2.92. The SMILES string of the molecule is C[C@@]12CC[C@H](O)C[C@@H]1CC[C@H]1[C@H]3CC[C@@](O)(C#Cc4ccccc4)[C@]3(C)CC[C@@H]12. The second-order valence-corrected chi connectivity index (χ2v) is 11.1. The number of aliphatic hydroxyl groups excluding tert-OH is 1. The predicted octanol–water partition coefficient (Wildman–Crippen LogP) is 5.17. The molecule has 0 bridgehead atoms. The van der Waals surface area contributed by atoms with Crippen molar-refractivity contribution in [3.63, 3.8) is 0 Å². The Balaban J connectivity index is 1.42. The van der Waals surface area contributed by atoms with Gasteiger partial charge in [-0.2, -0.15) is 0 Å². The Labute approximate surface area is 176 Å². The van der Waals surface area contributed by atoms with E-state index in [1.54, 1.807) is 0 Å². The van der Waals surface area contributed by atoms with Crippen LogP contribution in [-0.2, 0) is 0 Å². The molecule has 4 aliphatic rings. The van der Waals surface area contributed by atoms with E-state index in [-0.39, 0.29) is 11.5 Å². The number of fused-ring (bicyclic) bond motifs is 5. The smallest absolute Gasteiger partial charge is 0.131 e. The molecule has 5 rings (SSSR count). The molecule has 1 aromatic carbocycles. The molecule has 4 aliphatic carbocycles. The summed E-state index contributed by atoms with van der Waals surface area (Å²) in [6, 6.07) is 10.1. The summed E-state index contributed by atoms with van der Waals surface area (Å²) in [4.78, 5) is 0. The van der Waals surface area contributed by atoms with Gasteiger partial charge in [-0.1, -0.05) is 43.9 Å². The summed E-state index contributed by atoms with van der Waals surface area (Å²) in [7, 11) is 0. The van der Waals surface area contributed by atoms with E-state index in [1.807, 2.05) is 30.3 Å². The van der Waals surface area contributed by atoms with Crippen molar-refractivity contribution in [2.45, 2.75) is 83.3 Å². The Bertz CT molecular complexity index is 822. The van der Waals surface area contributed by atoms with Gasteiger partial charge in [0.1, 0.15) is 5.60 Å². The summed E-state index contributed by atoms with van der Waals surface area (Å²) in [5.74, 6) is 9.40. The zero-order chi connectivity index (χ0) is 20.3. The van der Waals surface area contributed by atoms with E-state index in [2.05, 4.69) is 25.7 Å². The van der Waals surface area contributed by atoms with Crippen LogP contribution >= 0.6 is 0 Å². The number of hydrogen-bond acceptors (Lipinski definition) is 2. The first-order valence-corrected chi connectivity index (χ1v) is 11.8. The number of benzene rings is 1. The summed E-state index contributed by atoms with van der Waals surface area (Å²) in [6.45, 7) is 4.86. The molecule has 0 aromatic heterocycles. The molecule has 2 N–H and O–H groups in total. The molecule has 0 radical (unpaired) electrons. The lowest BCUT2D eigenvalue weighted by molar-refractivity contribution is -0.144. The van der Waals surface area contributed by atoms with Gasteiger partial charge in [0.05, 0.1) is 6.10 Å². The van der Waals surface area contributed by atoms with Crippen molar-refractivity contribution in [3.05, 3.63) is 35.9 Å². The van der Waals surface area contributed by atoms with E-state index in [4.69, 9.17) is 0 Å². The lowest BCUT2D eigenvalue weighted by Crippen LogP contribution is -2.56. The topological polar surface area (TPSA) is 40.5 Å². The zero-order valence-electron chi connectivity index (χ0n) is 18.0. The summed E-state index contributed by atoms with van der Waals surface area (Å²) in [5.41, 5.74) is 0.433. The largest absolute Gasteiger partial charge is 0.393 e. The molecule has 8 atom stereocenters. The van der Waals surface area contributed by atoms with E-state index in [0.717, 1.165) is 49.5 Å². The van der Waals surface area contributed by atoms with E-state index < -0.39 is 5.60 Å². The van der Waals surface area contributed by atoms with Crippen molar-refractivity contribution < 1.29 is 10.2 Å². The minimum absolute atomic E-state index is 0.0803. The normalized spacial score (nSPS) is 48.6. The first-order valence-electron chi connectivity index (χ1n) is 11.8. The summed E-state index contributed by atoms with van der Waals surface area (Å²) < 4.78 is 0. The van der Waals surface area contributed by atoms with Gasteiger partial charge in [0.2, 0.25) is 0 Å². The second-order valence-electron chi connectivity index (χ2n) is 11.1. The van der Waals surface area contributed by atoms with Crippen molar-refractivity contribution in [1.29, 1.82) is 0 Å². The average molecular weight is 393 g/mol. The van der Waals surface area contributed by atoms with Crippen molar-refractivity contribution in [2.24, 2.45) is 34.5 Å². The molecule has 1 aromatic rings. The molecule has 0 heterocycles. The molecule has 29 heavy (non-hydrogen) atoms. The second kappa shape index (κ2) is 6.86. The molecular formula is C27H36O2. The van der Waals surface area contributed by atoms with Gasteiger partial charge >= 0.3 is 0 Å². The van der Waals surface area contributed by atoms with Crippen molar-refractivity contribution in [3.8, 4) is 11.8 Å². The molecule has 0 saturated heterocycles. The van der Waals surface area contributed by atoms with Crippen molar-refractivity contribution in [2.75, 3.05) is 0 Å². The van der Waals surface area contributed by atoms with Gasteiger partial charge in [-0.15, -0.1) is 0 Å².